The molecule has 0 bridgehead atoms. The molecule has 120 valence electrons. The van der Waals surface area contributed by atoms with Crippen LogP contribution in [0.25, 0.3) is 0 Å². The summed E-state index contributed by atoms with van der Waals surface area (Å²) in [5, 5.41) is 8.30. The minimum Gasteiger partial charge on any atom is -0.311 e. The van der Waals surface area contributed by atoms with Gasteiger partial charge in [0.1, 0.15) is 0 Å². The minimum absolute atomic E-state index is 0.570. The van der Waals surface area contributed by atoms with Crippen molar-refractivity contribution in [3.8, 4) is 0 Å². The summed E-state index contributed by atoms with van der Waals surface area (Å²) in [5.41, 5.74) is 2.40. The van der Waals surface area contributed by atoms with E-state index in [9.17, 15) is 0 Å². The molecule has 4 nitrogen and oxygen atoms in total. The van der Waals surface area contributed by atoms with Gasteiger partial charge < -0.3 is 5.32 Å². The van der Waals surface area contributed by atoms with Gasteiger partial charge in [-0.1, -0.05) is 13.8 Å². The zero-order valence-electron chi connectivity index (χ0n) is 14.0. The van der Waals surface area contributed by atoms with E-state index >= 15 is 0 Å². The van der Waals surface area contributed by atoms with E-state index in [0.29, 0.717) is 12.1 Å². The van der Waals surface area contributed by atoms with Crippen molar-refractivity contribution in [3.63, 3.8) is 0 Å². The van der Waals surface area contributed by atoms with Gasteiger partial charge in [0.15, 0.2) is 0 Å². The third kappa shape index (κ3) is 4.08. The van der Waals surface area contributed by atoms with Crippen LogP contribution in [0.15, 0.2) is 4.47 Å². The molecule has 0 amide bonds. The van der Waals surface area contributed by atoms with Crippen molar-refractivity contribution in [1.29, 1.82) is 0 Å². The predicted octanol–water partition coefficient (Wildman–Crippen LogP) is 3.18. The predicted molar refractivity (Wildman–Crippen MR) is 91.5 cm³/mol. The lowest BCUT2D eigenvalue weighted by atomic mass is 10.00. The van der Waals surface area contributed by atoms with Crippen LogP contribution in [0.1, 0.15) is 45.5 Å². The molecule has 1 fully saturated rings. The van der Waals surface area contributed by atoms with E-state index in [1.165, 1.54) is 16.6 Å². The Bertz CT molecular complexity index is 469. The van der Waals surface area contributed by atoms with Crippen molar-refractivity contribution in [2.24, 2.45) is 5.92 Å². The summed E-state index contributed by atoms with van der Waals surface area (Å²) in [5.74, 6) is 0.743. The standard InChI is InChI=1S/C16H29BrN4/c1-6-21-15(16(17)13(5)19-21)10-20-9-14(7-11(2)3)18-8-12(20)4/h11-12,14,18H,6-10H2,1-5H3. The lowest BCUT2D eigenvalue weighted by Gasteiger charge is -2.39. The van der Waals surface area contributed by atoms with Gasteiger partial charge in [-0.25, -0.2) is 0 Å². The second-order valence-corrected chi connectivity index (χ2v) is 7.47. The lowest BCUT2D eigenvalue weighted by Crippen LogP contribution is -2.55. The van der Waals surface area contributed by atoms with Gasteiger partial charge in [0, 0.05) is 38.3 Å². The van der Waals surface area contributed by atoms with Gasteiger partial charge in [-0.3, -0.25) is 9.58 Å². The molecule has 1 aliphatic heterocycles. The van der Waals surface area contributed by atoms with Crippen LogP contribution in [-0.4, -0.2) is 39.9 Å². The highest BCUT2D eigenvalue weighted by atomic mass is 79.9. The normalized spacial score (nSPS) is 24.0. The minimum atomic E-state index is 0.570. The fourth-order valence-corrected chi connectivity index (χ4v) is 3.56. The summed E-state index contributed by atoms with van der Waals surface area (Å²) in [6.07, 6.45) is 1.25. The monoisotopic (exact) mass is 356 g/mol. The van der Waals surface area contributed by atoms with Crippen LogP contribution in [0.4, 0.5) is 0 Å². The SMILES string of the molecule is CCn1nc(C)c(Br)c1CN1CC(CC(C)C)NCC1C. The highest BCUT2D eigenvalue weighted by molar-refractivity contribution is 9.10. The van der Waals surface area contributed by atoms with Crippen molar-refractivity contribution in [3.05, 3.63) is 15.9 Å². The summed E-state index contributed by atoms with van der Waals surface area (Å²) >= 11 is 3.72. The van der Waals surface area contributed by atoms with Crippen LogP contribution < -0.4 is 5.32 Å². The molecule has 0 radical (unpaired) electrons. The third-order valence-corrected chi connectivity index (χ3v) is 5.37. The highest BCUT2D eigenvalue weighted by Gasteiger charge is 2.27. The fourth-order valence-electron chi connectivity index (χ4n) is 3.15. The van der Waals surface area contributed by atoms with Gasteiger partial charge in [-0.05, 0) is 49.0 Å². The molecular formula is C16H29BrN4. The molecule has 0 aliphatic carbocycles. The molecule has 1 aromatic rings. The molecule has 2 unspecified atom stereocenters. The molecular weight excluding hydrogens is 328 g/mol. The third-order valence-electron chi connectivity index (χ3n) is 4.34. The number of nitrogens with one attached hydrogen (secondary N) is 1. The second-order valence-electron chi connectivity index (χ2n) is 6.68. The Morgan fingerprint density at radius 2 is 2.14 bits per heavy atom. The number of hydrogen-bond acceptors (Lipinski definition) is 3. The molecule has 2 heterocycles. The quantitative estimate of drug-likeness (QED) is 0.879. The maximum atomic E-state index is 4.61. The molecule has 1 N–H and O–H groups in total. The average molecular weight is 357 g/mol. The highest BCUT2D eigenvalue weighted by Crippen LogP contribution is 2.24. The smallest absolute Gasteiger partial charge is 0.0739 e. The average Bonchev–Trinajstić information content (AvgIpc) is 2.69. The Balaban J connectivity index is 2.10. The van der Waals surface area contributed by atoms with E-state index in [1.807, 2.05) is 0 Å². The van der Waals surface area contributed by atoms with Crippen LogP contribution >= 0.6 is 15.9 Å². The van der Waals surface area contributed by atoms with Crippen LogP contribution in [0.5, 0.6) is 0 Å². The Kier molecular flexibility index (Phi) is 5.86. The van der Waals surface area contributed by atoms with Crippen molar-refractivity contribution in [2.75, 3.05) is 13.1 Å². The van der Waals surface area contributed by atoms with E-state index in [1.54, 1.807) is 0 Å². The first-order chi connectivity index (χ1) is 9.92. The fraction of sp³-hybridized carbons (Fsp3) is 0.812. The molecule has 1 aliphatic rings. The Hall–Kier alpha value is -0.390. The number of aryl methyl sites for hydroxylation is 2. The van der Waals surface area contributed by atoms with Crippen LogP contribution in [0.2, 0.25) is 0 Å². The van der Waals surface area contributed by atoms with Crippen LogP contribution in [-0.2, 0) is 13.1 Å². The second kappa shape index (κ2) is 7.25. The summed E-state index contributed by atoms with van der Waals surface area (Å²) in [4.78, 5) is 2.59. The van der Waals surface area contributed by atoms with E-state index < -0.39 is 0 Å². The van der Waals surface area contributed by atoms with Gasteiger partial charge in [-0.15, -0.1) is 0 Å². The molecule has 5 heteroatoms. The van der Waals surface area contributed by atoms with Gasteiger partial charge in [0.2, 0.25) is 0 Å². The van der Waals surface area contributed by atoms with E-state index in [2.05, 4.69) is 70.5 Å². The number of nitrogens with zero attached hydrogens (tertiary/aromatic N) is 3. The first kappa shape index (κ1) is 17.0. The Labute approximate surface area is 137 Å². The van der Waals surface area contributed by atoms with Gasteiger partial charge >= 0.3 is 0 Å². The van der Waals surface area contributed by atoms with Crippen LogP contribution in [0, 0.1) is 12.8 Å². The summed E-state index contributed by atoms with van der Waals surface area (Å²) in [6, 6.07) is 1.18. The van der Waals surface area contributed by atoms with E-state index in [-0.39, 0.29) is 0 Å². The molecule has 0 spiro atoms. The largest absolute Gasteiger partial charge is 0.311 e. The molecule has 2 atom stereocenters. The molecule has 0 saturated carbocycles. The maximum absolute atomic E-state index is 4.61. The Morgan fingerprint density at radius 3 is 2.76 bits per heavy atom. The zero-order chi connectivity index (χ0) is 15.6. The maximum Gasteiger partial charge on any atom is 0.0739 e. The first-order valence-corrected chi connectivity index (χ1v) is 8.90. The molecule has 1 aromatic heterocycles. The zero-order valence-corrected chi connectivity index (χ0v) is 15.6. The molecule has 21 heavy (non-hydrogen) atoms. The summed E-state index contributed by atoms with van der Waals surface area (Å²) in [6.45, 7) is 15.3. The molecule has 2 rings (SSSR count). The number of piperazine rings is 1. The number of aromatic nitrogens is 2. The number of hydrogen-bond donors (Lipinski definition) is 1. The number of rotatable bonds is 5. The molecule has 1 saturated heterocycles. The van der Waals surface area contributed by atoms with Gasteiger partial charge in [0.05, 0.1) is 15.9 Å². The van der Waals surface area contributed by atoms with Crippen molar-refractivity contribution >= 4 is 15.9 Å². The summed E-state index contributed by atoms with van der Waals surface area (Å²) < 4.78 is 3.31. The van der Waals surface area contributed by atoms with Gasteiger partial charge in [0.25, 0.3) is 0 Å². The van der Waals surface area contributed by atoms with Crippen molar-refractivity contribution in [2.45, 2.75) is 66.2 Å². The number of halogens is 1. The van der Waals surface area contributed by atoms with Crippen LogP contribution in [0.3, 0.4) is 0 Å². The Morgan fingerprint density at radius 1 is 1.43 bits per heavy atom. The lowest BCUT2D eigenvalue weighted by molar-refractivity contribution is 0.121. The van der Waals surface area contributed by atoms with Gasteiger partial charge in [-0.2, -0.15) is 5.10 Å². The molecule has 0 aromatic carbocycles. The van der Waals surface area contributed by atoms with Crippen molar-refractivity contribution in [1.82, 2.24) is 20.0 Å². The topological polar surface area (TPSA) is 33.1 Å². The van der Waals surface area contributed by atoms with Crippen molar-refractivity contribution < 1.29 is 0 Å². The summed E-state index contributed by atoms with van der Waals surface area (Å²) in [7, 11) is 0. The van der Waals surface area contributed by atoms with E-state index in [0.717, 1.165) is 37.8 Å². The van der Waals surface area contributed by atoms with E-state index in [4.69, 9.17) is 0 Å². The first-order valence-electron chi connectivity index (χ1n) is 8.11.